The minimum absolute atomic E-state index is 0.0397. The van der Waals surface area contributed by atoms with Gasteiger partial charge in [-0.05, 0) is 76.9 Å². The van der Waals surface area contributed by atoms with Crippen molar-refractivity contribution in [3.8, 4) is 11.9 Å². The molecule has 3 heterocycles. The first-order valence-electron chi connectivity index (χ1n) is 12.6. The molecule has 0 spiro atoms. The number of halogens is 4. The summed E-state index contributed by atoms with van der Waals surface area (Å²) in [4.78, 5) is 55.3. The Hall–Kier alpha value is -3.63. The second-order valence-corrected chi connectivity index (χ2v) is 11.2. The summed E-state index contributed by atoms with van der Waals surface area (Å²) in [5.74, 6) is -1.38. The van der Waals surface area contributed by atoms with Crippen LogP contribution in [0.2, 0.25) is 20.9 Å². The summed E-state index contributed by atoms with van der Waals surface area (Å²) in [6, 6.07) is 4.63. The number of carbonyl (C=O) groups excluding carboxylic acids is 3. The minimum atomic E-state index is -1.35. The Labute approximate surface area is 285 Å². The molecule has 0 saturated heterocycles. The van der Waals surface area contributed by atoms with E-state index in [9.17, 15) is 14.4 Å². The number of methoxy groups -OCH3 is 3. The fourth-order valence-electron chi connectivity index (χ4n) is 2.37. The third-order valence-corrected chi connectivity index (χ3v) is 5.32. The molecule has 0 aliphatic heterocycles. The van der Waals surface area contributed by atoms with Crippen molar-refractivity contribution in [2.45, 2.75) is 58.3 Å². The van der Waals surface area contributed by atoms with Crippen molar-refractivity contribution in [3.63, 3.8) is 0 Å². The van der Waals surface area contributed by atoms with E-state index >= 15 is 0 Å². The minimum Gasteiger partial charge on any atom is -0.467 e. The van der Waals surface area contributed by atoms with E-state index in [0.29, 0.717) is 5.15 Å². The van der Waals surface area contributed by atoms with Gasteiger partial charge in [0.1, 0.15) is 10.3 Å². The van der Waals surface area contributed by atoms with Gasteiger partial charge in [0, 0.05) is 24.7 Å². The summed E-state index contributed by atoms with van der Waals surface area (Å²) in [7, 11) is 3.81. The zero-order chi connectivity index (χ0) is 35.7. The molecule has 0 aliphatic carbocycles. The Balaban J connectivity index is 0.000000613. The summed E-state index contributed by atoms with van der Waals surface area (Å²) < 4.78 is 23.9. The average Bonchev–Trinajstić information content (AvgIpc) is 2.95. The van der Waals surface area contributed by atoms with E-state index < -0.39 is 34.7 Å². The van der Waals surface area contributed by atoms with Gasteiger partial charge in [0.2, 0.25) is 27.6 Å². The van der Waals surface area contributed by atoms with Crippen LogP contribution in [-0.4, -0.2) is 91.1 Å². The van der Waals surface area contributed by atoms with Crippen LogP contribution < -0.4 is 9.47 Å². The number of rotatable bonds is 7. The first-order chi connectivity index (χ1) is 21.2. The van der Waals surface area contributed by atoms with Crippen LogP contribution in [0.1, 0.15) is 41.5 Å². The lowest BCUT2D eigenvalue weighted by Gasteiger charge is -2.22. The van der Waals surface area contributed by atoms with Crippen LogP contribution in [0.4, 0.5) is 0 Å². The third kappa shape index (κ3) is 17.2. The number of hydrogen-bond acceptors (Lipinski definition) is 15. The van der Waals surface area contributed by atoms with Crippen molar-refractivity contribution in [1.82, 2.24) is 29.9 Å². The molecular formula is C27H34Cl4N6O9. The molecular weight excluding hydrogens is 694 g/mol. The SMILES string of the molecule is COC(=O)C(C)(C)O.COC(=O)C(C)(C)Oc1ccnc(Cl)n1.COC(=O)C(C)(C)Oc1nccc(Cl)n1.Clc1ccnc(Cl)n1. The van der Waals surface area contributed by atoms with Gasteiger partial charge in [-0.1, -0.05) is 23.2 Å². The summed E-state index contributed by atoms with van der Waals surface area (Å²) in [5.41, 5.74) is -3.60. The zero-order valence-corrected chi connectivity index (χ0v) is 29.4. The van der Waals surface area contributed by atoms with E-state index in [-0.39, 0.29) is 27.6 Å². The predicted octanol–water partition coefficient (Wildman–Crippen LogP) is 4.63. The Kier molecular flexibility index (Phi) is 18.2. The molecule has 0 unspecified atom stereocenters. The van der Waals surface area contributed by atoms with E-state index in [1.807, 2.05) is 0 Å². The van der Waals surface area contributed by atoms with Crippen molar-refractivity contribution in [2.24, 2.45) is 0 Å². The fourth-order valence-corrected chi connectivity index (χ4v) is 2.97. The second-order valence-electron chi connectivity index (χ2n) is 9.73. The molecule has 0 amide bonds. The molecule has 0 bridgehead atoms. The molecule has 15 nitrogen and oxygen atoms in total. The van der Waals surface area contributed by atoms with Crippen LogP contribution in [0.15, 0.2) is 36.8 Å². The summed E-state index contributed by atoms with van der Waals surface area (Å²) in [6.07, 6.45) is 4.38. The molecule has 1 N–H and O–H groups in total. The van der Waals surface area contributed by atoms with E-state index in [1.54, 1.807) is 33.8 Å². The van der Waals surface area contributed by atoms with Gasteiger partial charge in [0.15, 0.2) is 5.60 Å². The highest BCUT2D eigenvalue weighted by atomic mass is 35.5. The number of aromatic nitrogens is 6. The van der Waals surface area contributed by atoms with Gasteiger partial charge in [0.25, 0.3) is 0 Å². The Bertz CT molecular complexity index is 1340. The molecule has 0 saturated carbocycles. The molecule has 3 aromatic heterocycles. The standard InChI is InChI=1S/2C9H11ClN2O3.C5H10O3.C4H2Cl2N2/c1-9(2,7(13)14-3)15-6-4-5-11-8(10)12-6;1-9(2,7(13)14-3)15-8-11-5-4-6(10)12-8;1-5(2,7)4(6)8-3;5-3-1-2-7-4(6)8-3/h2*4-5H,1-3H3;7H,1-3H3;1-2H. The molecule has 0 atom stereocenters. The normalized spacial score (nSPS) is 10.7. The van der Waals surface area contributed by atoms with Crippen molar-refractivity contribution in [2.75, 3.05) is 21.3 Å². The molecule has 254 valence electrons. The van der Waals surface area contributed by atoms with Crippen molar-refractivity contribution in [1.29, 1.82) is 0 Å². The largest absolute Gasteiger partial charge is 0.467 e. The molecule has 3 aromatic rings. The first-order valence-corrected chi connectivity index (χ1v) is 14.2. The average molecular weight is 728 g/mol. The topological polar surface area (TPSA) is 195 Å². The lowest BCUT2D eigenvalue weighted by Crippen LogP contribution is -2.39. The van der Waals surface area contributed by atoms with E-state index in [2.05, 4.69) is 44.1 Å². The van der Waals surface area contributed by atoms with E-state index in [0.717, 1.165) is 0 Å². The number of ether oxygens (including phenoxy) is 5. The maximum atomic E-state index is 11.3. The Morgan fingerprint density at radius 3 is 1.37 bits per heavy atom. The molecule has 0 aliphatic rings. The Morgan fingerprint density at radius 1 is 0.609 bits per heavy atom. The number of aliphatic hydroxyl groups is 1. The van der Waals surface area contributed by atoms with Gasteiger partial charge in [-0.3, -0.25) is 0 Å². The summed E-state index contributed by atoms with van der Waals surface area (Å²) >= 11 is 22.0. The van der Waals surface area contributed by atoms with E-state index in [1.165, 1.54) is 65.9 Å². The van der Waals surface area contributed by atoms with Crippen molar-refractivity contribution >= 4 is 64.3 Å². The van der Waals surface area contributed by atoms with Crippen LogP contribution >= 0.6 is 46.4 Å². The molecule has 0 fully saturated rings. The number of carbonyl (C=O) groups is 3. The molecule has 0 aromatic carbocycles. The number of esters is 3. The smallest absolute Gasteiger partial charge is 0.349 e. The van der Waals surface area contributed by atoms with Crippen LogP contribution in [-0.2, 0) is 28.6 Å². The van der Waals surface area contributed by atoms with Gasteiger partial charge in [-0.15, -0.1) is 0 Å². The predicted molar refractivity (Wildman–Crippen MR) is 168 cm³/mol. The Morgan fingerprint density at radius 2 is 1.02 bits per heavy atom. The quantitative estimate of drug-likeness (QED) is 0.153. The maximum Gasteiger partial charge on any atom is 0.349 e. The van der Waals surface area contributed by atoms with Gasteiger partial charge >= 0.3 is 23.9 Å². The van der Waals surface area contributed by atoms with Crippen LogP contribution in [0.3, 0.4) is 0 Å². The molecule has 19 heteroatoms. The molecule has 46 heavy (non-hydrogen) atoms. The maximum absolute atomic E-state index is 11.3. The van der Waals surface area contributed by atoms with E-state index in [4.69, 9.17) is 61.0 Å². The highest BCUT2D eigenvalue weighted by Gasteiger charge is 2.32. The van der Waals surface area contributed by atoms with Crippen molar-refractivity contribution < 1.29 is 43.2 Å². The number of hydrogen-bond donors (Lipinski definition) is 1. The molecule has 0 radical (unpaired) electrons. The van der Waals surface area contributed by atoms with Crippen LogP contribution in [0, 0.1) is 0 Å². The van der Waals surface area contributed by atoms with Gasteiger partial charge in [0.05, 0.1) is 21.3 Å². The lowest BCUT2D eigenvalue weighted by atomic mass is 10.1. The fraction of sp³-hybridized carbons (Fsp3) is 0.444. The zero-order valence-electron chi connectivity index (χ0n) is 26.4. The summed E-state index contributed by atoms with van der Waals surface area (Å²) in [6.45, 7) is 9.02. The second kappa shape index (κ2) is 19.8. The van der Waals surface area contributed by atoms with Crippen molar-refractivity contribution in [3.05, 3.63) is 57.7 Å². The highest BCUT2D eigenvalue weighted by Crippen LogP contribution is 2.18. The third-order valence-electron chi connectivity index (χ3n) is 4.54. The first kappa shape index (κ1) is 42.4. The summed E-state index contributed by atoms with van der Waals surface area (Å²) in [5, 5.41) is 9.67. The monoisotopic (exact) mass is 726 g/mol. The van der Waals surface area contributed by atoms with Gasteiger partial charge in [-0.25, -0.2) is 34.3 Å². The lowest BCUT2D eigenvalue weighted by molar-refractivity contribution is -0.158. The van der Waals surface area contributed by atoms with Crippen LogP contribution in [0.25, 0.3) is 0 Å². The van der Waals surface area contributed by atoms with Crippen LogP contribution in [0.5, 0.6) is 11.9 Å². The number of nitrogens with zero attached hydrogens (tertiary/aromatic N) is 6. The highest BCUT2D eigenvalue weighted by molar-refractivity contribution is 6.31. The van der Waals surface area contributed by atoms with Gasteiger partial charge < -0.3 is 28.8 Å². The molecule has 3 rings (SSSR count). The van der Waals surface area contributed by atoms with Gasteiger partial charge in [-0.2, -0.15) is 9.97 Å².